The van der Waals surface area contributed by atoms with E-state index in [1.807, 2.05) is 30.3 Å². The van der Waals surface area contributed by atoms with E-state index in [2.05, 4.69) is 46.8 Å². The number of H-pyrrole nitrogens is 1. The van der Waals surface area contributed by atoms with Crippen molar-refractivity contribution in [1.29, 1.82) is 0 Å². The SMILES string of the molecule is NC(=O)c1c(-c2ccccc2)[nH]c(-c2nc(N)ncc2Br)c1Br. The first-order valence-corrected chi connectivity index (χ1v) is 8.12. The maximum absolute atomic E-state index is 11.9. The van der Waals surface area contributed by atoms with Gasteiger partial charge in [-0.2, -0.15) is 0 Å². The van der Waals surface area contributed by atoms with Gasteiger partial charge in [0.15, 0.2) is 0 Å². The van der Waals surface area contributed by atoms with Crippen LogP contribution in [0.25, 0.3) is 22.6 Å². The number of carbonyl (C=O) groups is 1. The van der Waals surface area contributed by atoms with Crippen LogP contribution in [-0.4, -0.2) is 20.9 Å². The van der Waals surface area contributed by atoms with Gasteiger partial charge in [-0.3, -0.25) is 4.79 Å². The van der Waals surface area contributed by atoms with E-state index in [1.54, 1.807) is 6.20 Å². The Labute approximate surface area is 148 Å². The minimum Gasteiger partial charge on any atom is -0.368 e. The Morgan fingerprint density at radius 3 is 2.48 bits per heavy atom. The Morgan fingerprint density at radius 2 is 1.83 bits per heavy atom. The third kappa shape index (κ3) is 2.87. The Balaban J connectivity index is 2.28. The fourth-order valence-corrected chi connectivity index (χ4v) is 3.32. The van der Waals surface area contributed by atoms with Crippen molar-refractivity contribution in [3.05, 3.63) is 51.0 Å². The van der Waals surface area contributed by atoms with Gasteiger partial charge in [0.05, 0.1) is 25.9 Å². The van der Waals surface area contributed by atoms with Gasteiger partial charge in [0.25, 0.3) is 5.91 Å². The van der Waals surface area contributed by atoms with E-state index in [9.17, 15) is 4.79 Å². The second-order valence-corrected chi connectivity index (χ2v) is 6.37. The molecular formula is C15H11Br2N5O. The van der Waals surface area contributed by atoms with E-state index in [4.69, 9.17) is 11.5 Å². The third-order valence-corrected chi connectivity index (χ3v) is 4.62. The standard InChI is InChI=1S/C15H11Br2N5O/c16-8-6-20-15(19)22-12(8)13-10(17)9(14(18)23)11(21-13)7-4-2-1-3-5-7/h1-6,21H,(H2,18,23)(H2,19,20,22). The largest absolute Gasteiger partial charge is 0.368 e. The van der Waals surface area contributed by atoms with Crippen molar-refractivity contribution < 1.29 is 4.79 Å². The van der Waals surface area contributed by atoms with Crippen LogP contribution < -0.4 is 11.5 Å². The first-order chi connectivity index (χ1) is 11.0. The van der Waals surface area contributed by atoms with Crippen molar-refractivity contribution in [2.45, 2.75) is 0 Å². The van der Waals surface area contributed by atoms with Gasteiger partial charge < -0.3 is 16.5 Å². The summed E-state index contributed by atoms with van der Waals surface area (Å²) in [6.07, 6.45) is 1.55. The number of nitrogen functional groups attached to an aromatic ring is 1. The number of amides is 1. The van der Waals surface area contributed by atoms with E-state index < -0.39 is 5.91 Å². The van der Waals surface area contributed by atoms with Gasteiger partial charge in [0.1, 0.15) is 5.69 Å². The highest BCUT2D eigenvalue weighted by molar-refractivity contribution is 9.11. The molecule has 0 spiro atoms. The molecule has 0 radical (unpaired) electrons. The number of anilines is 1. The maximum Gasteiger partial charge on any atom is 0.252 e. The molecule has 3 rings (SSSR count). The maximum atomic E-state index is 11.9. The van der Waals surface area contributed by atoms with Crippen molar-refractivity contribution >= 4 is 43.7 Å². The number of benzene rings is 1. The van der Waals surface area contributed by atoms with Crippen molar-refractivity contribution in [3.8, 4) is 22.6 Å². The van der Waals surface area contributed by atoms with Crippen LogP contribution in [0.3, 0.4) is 0 Å². The lowest BCUT2D eigenvalue weighted by molar-refractivity contribution is 0.100. The monoisotopic (exact) mass is 435 g/mol. The molecule has 0 aliphatic carbocycles. The van der Waals surface area contributed by atoms with Crippen LogP contribution in [0.4, 0.5) is 5.95 Å². The summed E-state index contributed by atoms with van der Waals surface area (Å²) in [5, 5.41) is 0. The number of hydrogen-bond acceptors (Lipinski definition) is 4. The summed E-state index contributed by atoms with van der Waals surface area (Å²) in [5.74, 6) is -0.414. The smallest absolute Gasteiger partial charge is 0.252 e. The molecule has 8 heteroatoms. The van der Waals surface area contributed by atoms with Crippen LogP contribution in [-0.2, 0) is 0 Å². The highest BCUT2D eigenvalue weighted by atomic mass is 79.9. The Morgan fingerprint density at radius 1 is 1.13 bits per heavy atom. The predicted molar refractivity (Wildman–Crippen MR) is 95.6 cm³/mol. The molecule has 2 heterocycles. The second kappa shape index (κ2) is 6.13. The molecule has 0 bridgehead atoms. The van der Waals surface area contributed by atoms with E-state index in [-0.39, 0.29) is 5.95 Å². The summed E-state index contributed by atoms with van der Waals surface area (Å²) >= 11 is 6.83. The zero-order valence-electron chi connectivity index (χ0n) is 11.7. The summed E-state index contributed by atoms with van der Waals surface area (Å²) in [4.78, 5) is 23.3. The van der Waals surface area contributed by atoms with E-state index in [0.717, 1.165) is 5.56 Å². The van der Waals surface area contributed by atoms with Gasteiger partial charge in [-0.1, -0.05) is 30.3 Å². The normalized spacial score (nSPS) is 10.7. The lowest BCUT2D eigenvalue weighted by atomic mass is 10.1. The van der Waals surface area contributed by atoms with Gasteiger partial charge >= 0.3 is 0 Å². The number of aromatic nitrogens is 3. The highest BCUT2D eigenvalue weighted by Gasteiger charge is 2.23. The summed E-state index contributed by atoms with van der Waals surface area (Å²) < 4.78 is 1.17. The van der Waals surface area contributed by atoms with E-state index >= 15 is 0 Å². The molecule has 0 aliphatic rings. The van der Waals surface area contributed by atoms with Crippen LogP contribution >= 0.6 is 31.9 Å². The number of nitrogens with one attached hydrogen (secondary N) is 1. The zero-order valence-corrected chi connectivity index (χ0v) is 14.8. The van der Waals surface area contributed by atoms with Gasteiger partial charge in [-0.25, -0.2) is 9.97 Å². The highest BCUT2D eigenvalue weighted by Crippen LogP contribution is 2.38. The first-order valence-electron chi connectivity index (χ1n) is 6.54. The molecule has 2 aromatic heterocycles. The lowest BCUT2D eigenvalue weighted by Gasteiger charge is -2.03. The molecule has 0 aliphatic heterocycles. The fourth-order valence-electron chi connectivity index (χ4n) is 2.25. The average molecular weight is 437 g/mol. The Bertz CT molecular complexity index is 892. The minimum atomic E-state index is -0.545. The van der Waals surface area contributed by atoms with Crippen molar-refractivity contribution in [1.82, 2.24) is 15.0 Å². The molecule has 3 aromatic rings. The third-order valence-electron chi connectivity index (χ3n) is 3.25. The summed E-state index contributed by atoms with van der Waals surface area (Å²) in [7, 11) is 0. The zero-order chi connectivity index (χ0) is 16.6. The molecule has 0 atom stereocenters. The van der Waals surface area contributed by atoms with Crippen LogP contribution in [0.1, 0.15) is 10.4 Å². The molecular weight excluding hydrogens is 426 g/mol. The Hall–Kier alpha value is -2.19. The molecule has 23 heavy (non-hydrogen) atoms. The topological polar surface area (TPSA) is 111 Å². The summed E-state index contributed by atoms with van der Waals surface area (Å²) in [6.45, 7) is 0. The van der Waals surface area contributed by atoms with Crippen LogP contribution in [0.2, 0.25) is 0 Å². The van der Waals surface area contributed by atoms with E-state index in [1.165, 1.54) is 0 Å². The fraction of sp³-hybridized carbons (Fsp3) is 0. The van der Waals surface area contributed by atoms with Gasteiger partial charge in [0.2, 0.25) is 5.95 Å². The van der Waals surface area contributed by atoms with Gasteiger partial charge in [-0.05, 0) is 37.4 Å². The number of nitrogens with zero attached hydrogens (tertiary/aromatic N) is 2. The molecule has 0 saturated heterocycles. The molecule has 0 unspecified atom stereocenters. The molecule has 0 fully saturated rings. The summed E-state index contributed by atoms with van der Waals surface area (Å²) in [5.41, 5.74) is 14.2. The molecule has 1 aromatic carbocycles. The first kappa shape index (κ1) is 15.7. The van der Waals surface area contributed by atoms with Crippen molar-refractivity contribution in [2.24, 2.45) is 5.73 Å². The number of aromatic amines is 1. The van der Waals surface area contributed by atoms with Crippen molar-refractivity contribution in [2.75, 3.05) is 5.73 Å². The van der Waals surface area contributed by atoms with Crippen molar-refractivity contribution in [3.63, 3.8) is 0 Å². The number of primary amides is 1. The number of carbonyl (C=O) groups excluding carboxylic acids is 1. The predicted octanol–water partition coefficient (Wildman–Crippen LogP) is 3.34. The second-order valence-electron chi connectivity index (χ2n) is 4.72. The van der Waals surface area contributed by atoms with Crippen LogP contribution in [0.5, 0.6) is 0 Å². The van der Waals surface area contributed by atoms with Gasteiger partial charge in [0, 0.05) is 6.20 Å². The number of halogens is 2. The Kier molecular flexibility index (Phi) is 4.18. The molecule has 5 N–H and O–H groups in total. The number of nitrogens with two attached hydrogens (primary N) is 2. The molecule has 116 valence electrons. The van der Waals surface area contributed by atoms with Gasteiger partial charge in [-0.15, -0.1) is 0 Å². The number of rotatable bonds is 3. The summed E-state index contributed by atoms with van der Waals surface area (Å²) in [6, 6.07) is 9.43. The molecule has 1 amide bonds. The van der Waals surface area contributed by atoms with E-state index in [0.29, 0.717) is 31.6 Å². The number of hydrogen-bond donors (Lipinski definition) is 3. The van der Waals surface area contributed by atoms with Crippen LogP contribution in [0.15, 0.2) is 45.5 Å². The molecule has 6 nitrogen and oxygen atoms in total. The lowest BCUT2D eigenvalue weighted by Crippen LogP contribution is -2.11. The average Bonchev–Trinajstić information content (AvgIpc) is 2.88. The van der Waals surface area contributed by atoms with Crippen LogP contribution in [0, 0.1) is 0 Å². The quantitative estimate of drug-likeness (QED) is 0.584. The minimum absolute atomic E-state index is 0.131. The molecule has 0 saturated carbocycles.